The molecule has 0 saturated carbocycles. The fourth-order valence-corrected chi connectivity index (χ4v) is 3.89. The van der Waals surface area contributed by atoms with E-state index in [0.29, 0.717) is 32.0 Å². The molecule has 4 rings (SSSR count). The van der Waals surface area contributed by atoms with Crippen LogP contribution in [-0.4, -0.2) is 57.9 Å². The molecule has 0 saturated heterocycles. The number of benzene rings is 1. The summed E-state index contributed by atoms with van der Waals surface area (Å²) in [5.41, 5.74) is -0.853. The molecule has 0 spiro atoms. The van der Waals surface area contributed by atoms with E-state index in [1.807, 2.05) is 4.90 Å². The molecule has 1 aromatic carbocycles. The van der Waals surface area contributed by atoms with E-state index in [4.69, 9.17) is 11.6 Å². The number of imidazole rings is 1. The molecule has 10 nitrogen and oxygen atoms in total. The van der Waals surface area contributed by atoms with Gasteiger partial charge in [0.25, 0.3) is 0 Å². The molecular weight excluding hydrogens is 448 g/mol. The van der Waals surface area contributed by atoms with Crippen molar-refractivity contribution < 1.29 is 18.8 Å². The number of aliphatic hydroxyl groups is 1. The molecule has 0 radical (unpaired) electrons. The van der Waals surface area contributed by atoms with Crippen LogP contribution in [0.1, 0.15) is 19.2 Å². The summed E-state index contributed by atoms with van der Waals surface area (Å²) in [6.07, 6.45) is 1.52. The Morgan fingerprint density at radius 3 is 2.62 bits per heavy atom. The third-order valence-corrected chi connectivity index (χ3v) is 5.52. The number of aryl methyl sites for hydroxylation is 1. The summed E-state index contributed by atoms with van der Waals surface area (Å²) < 4.78 is 30.2. The standard InChI is InChI=1S/C19H20ClF2N7O3/c1-19(30,2-3-27-10-16(29(31)32)24-18(27)20)11-26-4-5-28-15(9-26)23-17(25-28)12-6-13(21)8-14(22)7-12/h6-8,10,30H,2-5,9,11H2,1H3. The maximum Gasteiger partial charge on any atom is 0.383 e. The predicted octanol–water partition coefficient (Wildman–Crippen LogP) is 2.64. The quantitative estimate of drug-likeness (QED) is 0.419. The lowest BCUT2D eigenvalue weighted by atomic mass is 10.0. The van der Waals surface area contributed by atoms with E-state index in [1.54, 1.807) is 11.6 Å². The van der Waals surface area contributed by atoms with Gasteiger partial charge in [0, 0.05) is 31.3 Å². The molecule has 1 aliphatic heterocycles. The molecule has 1 N–H and O–H groups in total. The van der Waals surface area contributed by atoms with Crippen molar-refractivity contribution >= 4 is 17.4 Å². The summed E-state index contributed by atoms with van der Waals surface area (Å²) >= 11 is 5.93. The number of aromatic nitrogens is 5. The zero-order valence-corrected chi connectivity index (χ0v) is 17.8. The first-order valence-electron chi connectivity index (χ1n) is 9.82. The van der Waals surface area contributed by atoms with Crippen molar-refractivity contribution in [3.8, 4) is 11.4 Å². The minimum atomic E-state index is -1.11. The first kappa shape index (κ1) is 22.2. The summed E-state index contributed by atoms with van der Waals surface area (Å²) in [7, 11) is 0. The molecule has 0 amide bonds. The van der Waals surface area contributed by atoms with Crippen LogP contribution < -0.4 is 0 Å². The fraction of sp³-hybridized carbons (Fsp3) is 0.421. The van der Waals surface area contributed by atoms with Crippen molar-refractivity contribution in [2.75, 3.05) is 13.1 Å². The first-order valence-corrected chi connectivity index (χ1v) is 10.2. The van der Waals surface area contributed by atoms with Crippen molar-refractivity contribution in [2.24, 2.45) is 0 Å². The van der Waals surface area contributed by atoms with Gasteiger partial charge < -0.3 is 15.2 Å². The average molecular weight is 468 g/mol. The van der Waals surface area contributed by atoms with Crippen LogP contribution in [0.3, 0.4) is 0 Å². The molecule has 0 fully saturated rings. The number of β-amino-alcohol motifs (C(OH)–C–C–N with tert-alkyl or cyclic N) is 1. The normalized spacial score (nSPS) is 16.0. The Labute approximate surface area is 186 Å². The predicted molar refractivity (Wildman–Crippen MR) is 110 cm³/mol. The van der Waals surface area contributed by atoms with E-state index in [1.165, 1.54) is 22.9 Å². The third kappa shape index (κ3) is 4.92. The molecule has 13 heteroatoms. The van der Waals surface area contributed by atoms with Crippen LogP contribution in [0.15, 0.2) is 24.4 Å². The van der Waals surface area contributed by atoms with E-state index in [9.17, 15) is 24.0 Å². The van der Waals surface area contributed by atoms with Gasteiger partial charge in [-0.1, -0.05) is 0 Å². The van der Waals surface area contributed by atoms with Crippen LogP contribution in [0.25, 0.3) is 11.4 Å². The lowest BCUT2D eigenvalue weighted by molar-refractivity contribution is -0.389. The van der Waals surface area contributed by atoms with Crippen molar-refractivity contribution in [1.29, 1.82) is 0 Å². The van der Waals surface area contributed by atoms with E-state index < -0.39 is 22.2 Å². The summed E-state index contributed by atoms with van der Waals surface area (Å²) in [5.74, 6) is -0.884. The number of fused-ring (bicyclic) bond motifs is 1. The second-order valence-corrected chi connectivity index (χ2v) is 8.35. The molecular formula is C19H20ClF2N7O3. The van der Waals surface area contributed by atoms with Gasteiger partial charge in [0.1, 0.15) is 23.7 Å². The molecule has 3 heterocycles. The molecule has 32 heavy (non-hydrogen) atoms. The van der Waals surface area contributed by atoms with Gasteiger partial charge in [-0.25, -0.2) is 18.4 Å². The number of halogens is 3. The molecule has 0 bridgehead atoms. The Morgan fingerprint density at radius 1 is 1.25 bits per heavy atom. The maximum absolute atomic E-state index is 13.5. The maximum atomic E-state index is 13.5. The Bertz CT molecular complexity index is 1140. The second kappa shape index (κ2) is 8.52. The SMILES string of the molecule is CC(O)(CCn1cc([N+](=O)[O-])nc1Cl)CN1CCn2nc(-c3cc(F)cc(F)c3)nc2C1. The van der Waals surface area contributed by atoms with Crippen molar-refractivity contribution in [3.05, 3.63) is 57.3 Å². The van der Waals surface area contributed by atoms with Crippen molar-refractivity contribution in [3.63, 3.8) is 0 Å². The monoisotopic (exact) mass is 467 g/mol. The van der Waals surface area contributed by atoms with Gasteiger partial charge >= 0.3 is 11.1 Å². The minimum Gasteiger partial charge on any atom is -0.389 e. The van der Waals surface area contributed by atoms with E-state index in [2.05, 4.69) is 15.1 Å². The highest BCUT2D eigenvalue weighted by atomic mass is 35.5. The van der Waals surface area contributed by atoms with E-state index in [-0.39, 0.29) is 35.5 Å². The Kier molecular flexibility index (Phi) is 5.93. The van der Waals surface area contributed by atoms with Crippen LogP contribution in [0.2, 0.25) is 5.28 Å². The number of hydrogen-bond acceptors (Lipinski definition) is 7. The molecule has 170 valence electrons. The molecule has 3 aromatic rings. The molecule has 0 aliphatic carbocycles. The zero-order chi connectivity index (χ0) is 23.0. The molecule has 1 aliphatic rings. The van der Waals surface area contributed by atoms with Gasteiger partial charge in [-0.3, -0.25) is 9.47 Å². The summed E-state index contributed by atoms with van der Waals surface area (Å²) in [4.78, 5) is 20.3. The highest BCUT2D eigenvalue weighted by molar-refractivity contribution is 6.28. The van der Waals surface area contributed by atoms with Crippen molar-refractivity contribution in [1.82, 2.24) is 29.2 Å². The van der Waals surface area contributed by atoms with E-state index >= 15 is 0 Å². The number of rotatable bonds is 7. The molecule has 1 atom stereocenters. The lowest BCUT2D eigenvalue weighted by Gasteiger charge is -2.33. The first-order chi connectivity index (χ1) is 15.1. The molecule has 2 aromatic heterocycles. The number of hydrogen-bond donors (Lipinski definition) is 1. The zero-order valence-electron chi connectivity index (χ0n) is 17.1. The van der Waals surface area contributed by atoms with Crippen LogP contribution in [0, 0.1) is 21.7 Å². The van der Waals surface area contributed by atoms with Gasteiger partial charge in [0.05, 0.1) is 18.7 Å². The third-order valence-electron chi connectivity index (χ3n) is 5.22. The Balaban J connectivity index is 1.40. The fourth-order valence-electron chi connectivity index (χ4n) is 3.67. The summed E-state index contributed by atoms with van der Waals surface area (Å²) in [6.45, 7) is 3.76. The summed E-state index contributed by atoms with van der Waals surface area (Å²) in [5, 5.41) is 26.0. The lowest BCUT2D eigenvalue weighted by Crippen LogP contribution is -2.45. The van der Waals surface area contributed by atoms with Gasteiger partial charge in [-0.15, -0.1) is 0 Å². The van der Waals surface area contributed by atoms with Gasteiger partial charge in [0.2, 0.25) is 0 Å². The second-order valence-electron chi connectivity index (χ2n) is 8.01. The Morgan fingerprint density at radius 2 is 1.97 bits per heavy atom. The molecule has 1 unspecified atom stereocenters. The van der Waals surface area contributed by atoms with Crippen LogP contribution in [0.4, 0.5) is 14.6 Å². The van der Waals surface area contributed by atoms with Gasteiger partial charge in [-0.05, 0) is 47.0 Å². The summed E-state index contributed by atoms with van der Waals surface area (Å²) in [6, 6.07) is 3.15. The van der Waals surface area contributed by atoms with E-state index in [0.717, 1.165) is 6.07 Å². The van der Waals surface area contributed by atoms with Crippen LogP contribution >= 0.6 is 11.6 Å². The van der Waals surface area contributed by atoms with Crippen LogP contribution in [-0.2, 0) is 19.6 Å². The topological polar surface area (TPSA) is 115 Å². The smallest absolute Gasteiger partial charge is 0.383 e. The minimum absolute atomic E-state index is 0.0140. The van der Waals surface area contributed by atoms with Gasteiger partial charge in [-0.2, -0.15) is 5.10 Å². The number of nitro groups is 1. The highest BCUT2D eigenvalue weighted by Gasteiger charge is 2.29. The largest absolute Gasteiger partial charge is 0.389 e. The highest BCUT2D eigenvalue weighted by Crippen LogP contribution is 2.23. The van der Waals surface area contributed by atoms with Gasteiger partial charge in [0.15, 0.2) is 5.82 Å². The number of nitrogens with zero attached hydrogens (tertiary/aromatic N) is 7. The van der Waals surface area contributed by atoms with Crippen molar-refractivity contribution in [2.45, 2.75) is 38.6 Å². The average Bonchev–Trinajstić information content (AvgIpc) is 3.28. The van der Waals surface area contributed by atoms with Crippen LogP contribution in [0.5, 0.6) is 0 Å². The Hall–Kier alpha value is -2.96.